The predicted octanol–water partition coefficient (Wildman–Crippen LogP) is 2.34. The van der Waals surface area contributed by atoms with E-state index in [9.17, 15) is 9.18 Å². The smallest absolute Gasteiger partial charge is 0.248 e. The van der Waals surface area contributed by atoms with Crippen LogP contribution in [0.25, 0.3) is 0 Å². The summed E-state index contributed by atoms with van der Waals surface area (Å²) in [5, 5.41) is 0. The number of amides is 1. The van der Waals surface area contributed by atoms with Crippen LogP contribution in [0.3, 0.4) is 0 Å². The molecule has 0 bridgehead atoms. The van der Waals surface area contributed by atoms with Crippen molar-refractivity contribution in [2.75, 3.05) is 32.9 Å². The summed E-state index contributed by atoms with van der Waals surface area (Å²) in [5.41, 5.74) is 0.968. The van der Waals surface area contributed by atoms with Gasteiger partial charge in [0.15, 0.2) is 0 Å². The third-order valence-electron chi connectivity index (χ3n) is 4.41. The lowest BCUT2D eigenvalue weighted by molar-refractivity contribution is -0.136. The molecule has 0 aromatic heterocycles. The van der Waals surface area contributed by atoms with Crippen molar-refractivity contribution in [2.24, 2.45) is 0 Å². The quantitative estimate of drug-likeness (QED) is 0.838. The van der Waals surface area contributed by atoms with E-state index in [-0.39, 0.29) is 30.4 Å². The van der Waals surface area contributed by atoms with Crippen LogP contribution in [0.2, 0.25) is 0 Å². The van der Waals surface area contributed by atoms with Gasteiger partial charge < -0.3 is 14.4 Å². The fourth-order valence-electron chi connectivity index (χ4n) is 3.16. The second-order valence-corrected chi connectivity index (χ2v) is 6.03. The maximum Gasteiger partial charge on any atom is 0.248 e. The molecule has 4 nitrogen and oxygen atoms in total. The molecule has 1 aromatic carbocycles. The Morgan fingerprint density at radius 3 is 3.09 bits per heavy atom. The van der Waals surface area contributed by atoms with Gasteiger partial charge in [-0.15, -0.1) is 0 Å². The van der Waals surface area contributed by atoms with Crippen LogP contribution in [0.4, 0.5) is 4.39 Å². The van der Waals surface area contributed by atoms with Crippen LogP contribution in [0.15, 0.2) is 24.3 Å². The van der Waals surface area contributed by atoms with Crippen molar-refractivity contribution >= 4 is 5.91 Å². The number of hydrogen-bond donors (Lipinski definition) is 0. The summed E-state index contributed by atoms with van der Waals surface area (Å²) in [7, 11) is 0. The molecule has 2 atom stereocenters. The SMILES string of the molecule is O=C(COC[C@H]1CCCO1)N1CC[C@H](c2cccc(F)c2)C1. The average Bonchev–Trinajstić information content (AvgIpc) is 3.19. The largest absolute Gasteiger partial charge is 0.376 e. The van der Waals surface area contributed by atoms with E-state index in [1.807, 2.05) is 11.0 Å². The molecule has 2 heterocycles. The maximum atomic E-state index is 13.3. The first-order valence-corrected chi connectivity index (χ1v) is 7.95. The number of benzene rings is 1. The fourth-order valence-corrected chi connectivity index (χ4v) is 3.16. The van der Waals surface area contributed by atoms with Crippen molar-refractivity contribution in [3.05, 3.63) is 35.6 Å². The summed E-state index contributed by atoms with van der Waals surface area (Å²) in [4.78, 5) is 14.0. The van der Waals surface area contributed by atoms with E-state index in [1.165, 1.54) is 6.07 Å². The molecule has 2 aliphatic heterocycles. The lowest BCUT2D eigenvalue weighted by Gasteiger charge is -2.17. The monoisotopic (exact) mass is 307 g/mol. The Hall–Kier alpha value is -1.46. The van der Waals surface area contributed by atoms with Gasteiger partial charge in [0.25, 0.3) is 0 Å². The Labute approximate surface area is 130 Å². The molecule has 0 aliphatic carbocycles. The lowest BCUT2D eigenvalue weighted by Crippen LogP contribution is -2.32. The molecule has 0 unspecified atom stereocenters. The topological polar surface area (TPSA) is 38.8 Å². The number of ether oxygens (including phenoxy) is 2. The molecule has 2 saturated heterocycles. The molecular formula is C17H22FNO3. The van der Waals surface area contributed by atoms with Crippen LogP contribution in [0, 0.1) is 5.82 Å². The molecule has 0 N–H and O–H groups in total. The number of nitrogens with zero attached hydrogens (tertiary/aromatic N) is 1. The van der Waals surface area contributed by atoms with Gasteiger partial charge in [0.2, 0.25) is 5.91 Å². The van der Waals surface area contributed by atoms with Gasteiger partial charge >= 0.3 is 0 Å². The van der Waals surface area contributed by atoms with Gasteiger partial charge in [-0.3, -0.25) is 4.79 Å². The zero-order valence-corrected chi connectivity index (χ0v) is 12.7. The summed E-state index contributed by atoms with van der Waals surface area (Å²) in [6.07, 6.45) is 3.11. The normalized spacial score (nSPS) is 24.9. The van der Waals surface area contributed by atoms with E-state index in [4.69, 9.17) is 9.47 Å². The molecule has 22 heavy (non-hydrogen) atoms. The molecule has 2 fully saturated rings. The minimum atomic E-state index is -0.220. The van der Waals surface area contributed by atoms with E-state index >= 15 is 0 Å². The maximum absolute atomic E-state index is 13.3. The zero-order chi connectivity index (χ0) is 15.4. The molecule has 0 spiro atoms. The van der Waals surface area contributed by atoms with Crippen LogP contribution >= 0.6 is 0 Å². The summed E-state index contributed by atoms with van der Waals surface area (Å²) >= 11 is 0. The highest BCUT2D eigenvalue weighted by Crippen LogP contribution is 2.27. The average molecular weight is 307 g/mol. The molecule has 0 radical (unpaired) electrons. The van der Waals surface area contributed by atoms with Crippen LogP contribution in [-0.2, 0) is 14.3 Å². The van der Waals surface area contributed by atoms with E-state index in [0.29, 0.717) is 19.7 Å². The third kappa shape index (κ3) is 3.84. The predicted molar refractivity (Wildman–Crippen MR) is 80.1 cm³/mol. The minimum Gasteiger partial charge on any atom is -0.376 e. The number of hydrogen-bond acceptors (Lipinski definition) is 3. The summed E-state index contributed by atoms with van der Waals surface area (Å²) in [5.74, 6) is 0.0110. The number of rotatable bonds is 5. The first kappa shape index (κ1) is 15.4. The molecular weight excluding hydrogens is 285 g/mol. The second-order valence-electron chi connectivity index (χ2n) is 6.03. The highest BCUT2D eigenvalue weighted by molar-refractivity contribution is 5.77. The second kappa shape index (κ2) is 7.20. The molecule has 1 aromatic rings. The van der Waals surface area contributed by atoms with Gasteiger partial charge in [0, 0.05) is 25.6 Å². The molecule has 0 saturated carbocycles. The summed E-state index contributed by atoms with van der Waals surface area (Å²) in [6.45, 7) is 2.75. The molecule has 5 heteroatoms. The van der Waals surface area contributed by atoms with Gasteiger partial charge in [-0.05, 0) is 37.0 Å². The van der Waals surface area contributed by atoms with Crippen molar-refractivity contribution in [2.45, 2.75) is 31.3 Å². The Kier molecular flexibility index (Phi) is 5.05. The van der Waals surface area contributed by atoms with Gasteiger partial charge in [0.05, 0.1) is 12.7 Å². The van der Waals surface area contributed by atoms with E-state index in [2.05, 4.69) is 0 Å². The minimum absolute atomic E-state index is 0.0110. The number of likely N-dealkylation sites (tertiary alicyclic amines) is 1. The van der Waals surface area contributed by atoms with Crippen LogP contribution in [0.1, 0.15) is 30.7 Å². The standard InChI is InChI=1S/C17H22FNO3/c18-15-4-1-3-13(9-15)14-6-7-19(10-14)17(20)12-21-11-16-5-2-8-22-16/h1,3-4,9,14,16H,2,5-8,10-12H2/t14-,16+/m0/s1. The first-order valence-electron chi connectivity index (χ1n) is 7.95. The Balaban J connectivity index is 1.44. The summed E-state index contributed by atoms with van der Waals surface area (Å²) < 4.78 is 24.2. The highest BCUT2D eigenvalue weighted by atomic mass is 19.1. The number of carbonyl (C=O) groups is 1. The molecule has 1 amide bonds. The van der Waals surface area contributed by atoms with E-state index in [1.54, 1.807) is 12.1 Å². The van der Waals surface area contributed by atoms with Crippen LogP contribution in [-0.4, -0.2) is 49.8 Å². The van der Waals surface area contributed by atoms with Crippen molar-refractivity contribution in [1.29, 1.82) is 0 Å². The number of halogens is 1. The van der Waals surface area contributed by atoms with Crippen molar-refractivity contribution in [3.8, 4) is 0 Å². The third-order valence-corrected chi connectivity index (χ3v) is 4.41. The molecule has 2 aliphatic rings. The Morgan fingerprint density at radius 2 is 2.32 bits per heavy atom. The highest BCUT2D eigenvalue weighted by Gasteiger charge is 2.27. The van der Waals surface area contributed by atoms with Crippen molar-refractivity contribution < 1.29 is 18.7 Å². The fraction of sp³-hybridized carbons (Fsp3) is 0.588. The Bertz CT molecular complexity index is 516. The zero-order valence-electron chi connectivity index (χ0n) is 12.7. The van der Waals surface area contributed by atoms with Gasteiger partial charge in [-0.25, -0.2) is 4.39 Å². The van der Waals surface area contributed by atoms with Crippen LogP contribution in [0.5, 0.6) is 0 Å². The van der Waals surface area contributed by atoms with Gasteiger partial charge in [0.1, 0.15) is 12.4 Å². The van der Waals surface area contributed by atoms with Crippen molar-refractivity contribution in [3.63, 3.8) is 0 Å². The molecule has 120 valence electrons. The van der Waals surface area contributed by atoms with Gasteiger partial charge in [-0.1, -0.05) is 12.1 Å². The lowest BCUT2D eigenvalue weighted by atomic mass is 9.98. The number of carbonyl (C=O) groups excluding carboxylic acids is 1. The van der Waals surface area contributed by atoms with E-state index in [0.717, 1.165) is 31.4 Å². The van der Waals surface area contributed by atoms with Crippen molar-refractivity contribution in [1.82, 2.24) is 4.90 Å². The van der Waals surface area contributed by atoms with E-state index < -0.39 is 0 Å². The molecule has 3 rings (SSSR count). The first-order chi connectivity index (χ1) is 10.7. The summed E-state index contributed by atoms with van der Waals surface area (Å²) in [6, 6.07) is 6.66. The van der Waals surface area contributed by atoms with Crippen LogP contribution < -0.4 is 0 Å². The van der Waals surface area contributed by atoms with Gasteiger partial charge in [-0.2, -0.15) is 0 Å². The Morgan fingerprint density at radius 1 is 1.41 bits per heavy atom.